The van der Waals surface area contributed by atoms with Gasteiger partial charge in [0.15, 0.2) is 5.69 Å². The average Bonchev–Trinajstić information content (AvgIpc) is 3.20. The third-order valence-electron chi connectivity index (χ3n) is 6.61. The molecule has 0 spiro atoms. The molecule has 41 heavy (non-hydrogen) atoms. The number of hydrogen-bond donors (Lipinski definition) is 2. The Labute approximate surface area is 234 Å². The lowest BCUT2D eigenvalue weighted by Gasteiger charge is -2.19. The Hall–Kier alpha value is -4.00. The van der Waals surface area contributed by atoms with Crippen molar-refractivity contribution in [2.75, 3.05) is 32.7 Å². The fourth-order valence-electron chi connectivity index (χ4n) is 4.51. The van der Waals surface area contributed by atoms with Crippen LogP contribution in [0.25, 0.3) is 5.69 Å². The van der Waals surface area contributed by atoms with Crippen LogP contribution in [0, 0.1) is 5.82 Å². The van der Waals surface area contributed by atoms with E-state index in [1.165, 1.54) is 72.8 Å². The van der Waals surface area contributed by atoms with Crippen LogP contribution in [0.1, 0.15) is 58.6 Å². The topological polar surface area (TPSA) is 101 Å². The number of alkyl halides is 3. The second kappa shape index (κ2) is 14.1. The van der Waals surface area contributed by atoms with Gasteiger partial charge in [-0.1, -0.05) is 24.1 Å². The van der Waals surface area contributed by atoms with Gasteiger partial charge in [-0.15, -0.1) is 5.10 Å². The van der Waals surface area contributed by atoms with Crippen LogP contribution in [-0.4, -0.2) is 70.6 Å². The molecule has 2 aromatic carbocycles. The first-order valence-electron chi connectivity index (χ1n) is 13.5. The molecule has 1 aliphatic heterocycles. The molecule has 1 fully saturated rings. The largest absolute Gasteiger partial charge is 0.487 e. The minimum Gasteiger partial charge on any atom is -0.487 e. The highest BCUT2D eigenvalue weighted by atomic mass is 19.4. The molecule has 9 nitrogen and oxygen atoms in total. The lowest BCUT2D eigenvalue weighted by atomic mass is 10.2. The summed E-state index contributed by atoms with van der Waals surface area (Å²) in [5.41, 5.74) is 0.692. The summed E-state index contributed by atoms with van der Waals surface area (Å²) in [7, 11) is 0. The maximum atomic E-state index is 13.7. The van der Waals surface area contributed by atoms with Crippen LogP contribution in [0.3, 0.4) is 0 Å². The molecule has 0 aliphatic carbocycles. The van der Waals surface area contributed by atoms with Crippen LogP contribution >= 0.6 is 0 Å². The van der Waals surface area contributed by atoms with E-state index in [0.717, 1.165) is 26.1 Å². The maximum absolute atomic E-state index is 13.7. The van der Waals surface area contributed by atoms with E-state index in [1.54, 1.807) is 6.07 Å². The summed E-state index contributed by atoms with van der Waals surface area (Å²) in [6.07, 6.45) is 1.10. The van der Waals surface area contributed by atoms with Crippen molar-refractivity contribution >= 4 is 11.8 Å². The summed E-state index contributed by atoms with van der Waals surface area (Å²) < 4.78 is 58.1. The van der Waals surface area contributed by atoms with Crippen molar-refractivity contribution in [1.82, 2.24) is 30.5 Å². The zero-order chi connectivity index (χ0) is 29.2. The summed E-state index contributed by atoms with van der Waals surface area (Å²) in [6, 6.07) is 11.1. The van der Waals surface area contributed by atoms with E-state index in [0.29, 0.717) is 12.2 Å². The molecule has 0 bridgehead atoms. The van der Waals surface area contributed by atoms with Gasteiger partial charge in [0.1, 0.15) is 30.4 Å². The molecule has 3 aromatic rings. The van der Waals surface area contributed by atoms with Gasteiger partial charge in [-0.3, -0.25) is 9.59 Å². The van der Waals surface area contributed by atoms with Crippen LogP contribution in [0.15, 0.2) is 48.5 Å². The standard InChI is InChI=1S/C28H32F4N6O3/c29-21-7-5-8-23(17-21)41-18-24-25(27(40)33-13-6-16-37-14-3-1-2-4-15-37)35-36-38(24)22-11-9-20(10-12-22)26(39)34-19-28(30,31)32/h5,7-12,17H,1-4,6,13-16,18-19H2,(H,33,40)(H,34,39). The summed E-state index contributed by atoms with van der Waals surface area (Å²) in [5, 5.41) is 12.8. The smallest absolute Gasteiger partial charge is 0.405 e. The van der Waals surface area contributed by atoms with E-state index in [1.807, 2.05) is 5.32 Å². The van der Waals surface area contributed by atoms with Gasteiger partial charge in [-0.2, -0.15) is 13.2 Å². The quantitative estimate of drug-likeness (QED) is 0.261. The number of amides is 2. The predicted octanol–water partition coefficient (Wildman–Crippen LogP) is 4.27. The molecule has 220 valence electrons. The second-order valence-corrected chi connectivity index (χ2v) is 9.75. The summed E-state index contributed by atoms with van der Waals surface area (Å²) >= 11 is 0. The van der Waals surface area contributed by atoms with Crippen molar-refractivity contribution in [1.29, 1.82) is 0 Å². The number of likely N-dealkylation sites (tertiary alicyclic amines) is 1. The van der Waals surface area contributed by atoms with E-state index >= 15 is 0 Å². The number of benzene rings is 2. The van der Waals surface area contributed by atoms with E-state index in [4.69, 9.17) is 4.74 Å². The first-order valence-corrected chi connectivity index (χ1v) is 13.5. The molecule has 2 heterocycles. The Kier molecular flexibility index (Phi) is 10.3. The van der Waals surface area contributed by atoms with Gasteiger partial charge in [0, 0.05) is 18.2 Å². The molecule has 4 rings (SSSR count). The molecule has 1 saturated heterocycles. The van der Waals surface area contributed by atoms with Crippen LogP contribution in [0.5, 0.6) is 5.75 Å². The van der Waals surface area contributed by atoms with Crippen LogP contribution in [-0.2, 0) is 6.61 Å². The maximum Gasteiger partial charge on any atom is 0.405 e. The Balaban J connectivity index is 1.46. The molecular formula is C28H32F4N6O3. The summed E-state index contributed by atoms with van der Waals surface area (Å²) in [5.74, 6) is -1.59. The number of carbonyl (C=O) groups excluding carboxylic acids is 2. The van der Waals surface area contributed by atoms with E-state index < -0.39 is 30.4 Å². The van der Waals surface area contributed by atoms with Gasteiger partial charge in [0.2, 0.25) is 0 Å². The van der Waals surface area contributed by atoms with Crippen molar-refractivity contribution in [3.63, 3.8) is 0 Å². The number of halogens is 4. The predicted molar refractivity (Wildman–Crippen MR) is 142 cm³/mol. The molecule has 1 aromatic heterocycles. The highest BCUT2D eigenvalue weighted by Gasteiger charge is 2.28. The minimum atomic E-state index is -4.53. The van der Waals surface area contributed by atoms with Crippen molar-refractivity contribution < 1.29 is 31.9 Å². The Bertz CT molecular complexity index is 1300. The molecule has 0 radical (unpaired) electrons. The number of rotatable bonds is 11. The third-order valence-corrected chi connectivity index (χ3v) is 6.61. The van der Waals surface area contributed by atoms with Gasteiger partial charge < -0.3 is 20.3 Å². The van der Waals surface area contributed by atoms with E-state index in [-0.39, 0.29) is 29.3 Å². The number of nitrogens with zero attached hydrogens (tertiary/aromatic N) is 4. The van der Waals surface area contributed by atoms with Crippen molar-refractivity contribution in [2.24, 2.45) is 0 Å². The fraction of sp³-hybridized carbons (Fsp3) is 0.429. The highest BCUT2D eigenvalue weighted by Crippen LogP contribution is 2.19. The van der Waals surface area contributed by atoms with Gasteiger partial charge in [-0.05, 0) is 75.3 Å². The number of ether oxygens (including phenoxy) is 1. The van der Waals surface area contributed by atoms with Gasteiger partial charge in [-0.25, -0.2) is 9.07 Å². The molecule has 0 saturated carbocycles. The van der Waals surface area contributed by atoms with Crippen LogP contribution < -0.4 is 15.4 Å². The number of carbonyl (C=O) groups is 2. The minimum absolute atomic E-state index is 0.0121. The average molecular weight is 577 g/mol. The molecule has 2 N–H and O–H groups in total. The lowest BCUT2D eigenvalue weighted by Crippen LogP contribution is -2.33. The molecule has 2 amide bonds. The number of hydrogen-bond acceptors (Lipinski definition) is 6. The van der Waals surface area contributed by atoms with Crippen molar-refractivity contribution in [2.45, 2.75) is 44.9 Å². The monoisotopic (exact) mass is 576 g/mol. The molecule has 0 unspecified atom stereocenters. The molecule has 0 atom stereocenters. The highest BCUT2D eigenvalue weighted by molar-refractivity contribution is 5.94. The van der Waals surface area contributed by atoms with E-state index in [9.17, 15) is 27.2 Å². The molecular weight excluding hydrogens is 544 g/mol. The second-order valence-electron chi connectivity index (χ2n) is 9.75. The first-order chi connectivity index (χ1) is 19.7. The molecule has 1 aliphatic rings. The Morgan fingerprint density at radius 2 is 1.68 bits per heavy atom. The lowest BCUT2D eigenvalue weighted by molar-refractivity contribution is -0.123. The SMILES string of the molecule is O=C(NCC(F)(F)F)c1ccc(-n2nnc(C(=O)NCCCN3CCCCCC3)c2COc2cccc(F)c2)cc1. The zero-order valence-electron chi connectivity index (χ0n) is 22.4. The number of aromatic nitrogens is 3. The van der Waals surface area contributed by atoms with Crippen molar-refractivity contribution in [3.8, 4) is 11.4 Å². The van der Waals surface area contributed by atoms with Crippen molar-refractivity contribution in [3.05, 3.63) is 71.3 Å². The van der Waals surface area contributed by atoms with Gasteiger partial charge >= 0.3 is 6.18 Å². The Morgan fingerprint density at radius 3 is 2.37 bits per heavy atom. The third kappa shape index (κ3) is 9.00. The van der Waals surface area contributed by atoms with Crippen LogP contribution in [0.4, 0.5) is 17.6 Å². The number of nitrogens with one attached hydrogen (secondary N) is 2. The molecule has 13 heteroatoms. The zero-order valence-corrected chi connectivity index (χ0v) is 22.4. The Morgan fingerprint density at radius 1 is 0.951 bits per heavy atom. The first kappa shape index (κ1) is 30.0. The van der Waals surface area contributed by atoms with Crippen LogP contribution in [0.2, 0.25) is 0 Å². The summed E-state index contributed by atoms with van der Waals surface area (Å²) in [6.45, 7) is 1.81. The fourth-order valence-corrected chi connectivity index (χ4v) is 4.51. The summed E-state index contributed by atoms with van der Waals surface area (Å²) in [4.78, 5) is 27.6. The van der Waals surface area contributed by atoms with E-state index in [2.05, 4.69) is 20.5 Å². The normalized spacial score (nSPS) is 14.3. The van der Waals surface area contributed by atoms with Gasteiger partial charge in [0.25, 0.3) is 11.8 Å². The van der Waals surface area contributed by atoms with Gasteiger partial charge in [0.05, 0.1) is 5.69 Å².